The Kier molecular flexibility index (Phi) is 16.2. The smallest absolute Gasteiger partial charge is 0.347 e. The van der Waals surface area contributed by atoms with Gasteiger partial charge >= 0.3 is 11.9 Å². The molecule has 152 valence electrons. The molecular formula is C22H40O4. The van der Waals surface area contributed by atoms with Crippen LogP contribution >= 0.6 is 0 Å². The van der Waals surface area contributed by atoms with E-state index in [9.17, 15) is 9.59 Å². The van der Waals surface area contributed by atoms with Crippen molar-refractivity contribution in [2.24, 2.45) is 5.92 Å². The van der Waals surface area contributed by atoms with Gasteiger partial charge in [0.2, 0.25) is 6.10 Å². The lowest BCUT2D eigenvalue weighted by molar-refractivity contribution is -0.170. The molecule has 0 aliphatic carbocycles. The predicted molar refractivity (Wildman–Crippen MR) is 107 cm³/mol. The summed E-state index contributed by atoms with van der Waals surface area (Å²) in [4.78, 5) is 23.7. The van der Waals surface area contributed by atoms with Crippen molar-refractivity contribution >= 4 is 11.9 Å². The van der Waals surface area contributed by atoms with Gasteiger partial charge in [-0.3, -0.25) is 4.79 Å². The molecule has 0 aliphatic heterocycles. The first kappa shape index (κ1) is 24.7. The van der Waals surface area contributed by atoms with E-state index in [-0.39, 0.29) is 11.9 Å². The summed E-state index contributed by atoms with van der Waals surface area (Å²) in [5.41, 5.74) is 0. The molecule has 0 N–H and O–H groups in total. The Bertz CT molecular complexity index is 388. The van der Waals surface area contributed by atoms with Crippen molar-refractivity contribution in [3.8, 4) is 0 Å². The van der Waals surface area contributed by atoms with Crippen molar-refractivity contribution in [2.45, 2.75) is 104 Å². The van der Waals surface area contributed by atoms with Gasteiger partial charge in [0.05, 0.1) is 6.61 Å². The van der Waals surface area contributed by atoms with Crippen LogP contribution in [0.2, 0.25) is 0 Å². The molecule has 0 saturated heterocycles. The Balaban J connectivity index is 3.68. The average molecular weight is 369 g/mol. The quantitative estimate of drug-likeness (QED) is 0.191. The Hall–Kier alpha value is -1.32. The van der Waals surface area contributed by atoms with Crippen molar-refractivity contribution in [2.75, 3.05) is 6.61 Å². The van der Waals surface area contributed by atoms with E-state index in [1.165, 1.54) is 38.5 Å². The highest BCUT2D eigenvalue weighted by atomic mass is 16.6. The van der Waals surface area contributed by atoms with Crippen molar-refractivity contribution in [1.82, 2.24) is 0 Å². The molecule has 4 heteroatoms. The van der Waals surface area contributed by atoms with E-state index < -0.39 is 12.1 Å². The first-order valence-corrected chi connectivity index (χ1v) is 10.5. The maximum absolute atomic E-state index is 11.9. The Morgan fingerprint density at radius 1 is 0.846 bits per heavy atom. The first-order chi connectivity index (χ1) is 12.5. The van der Waals surface area contributed by atoms with Gasteiger partial charge < -0.3 is 9.47 Å². The van der Waals surface area contributed by atoms with Gasteiger partial charge in [-0.1, -0.05) is 65.0 Å². The lowest BCUT2D eigenvalue weighted by Crippen LogP contribution is -2.33. The summed E-state index contributed by atoms with van der Waals surface area (Å²) >= 11 is 0. The fraction of sp³-hybridized carbons (Fsp3) is 0.818. The zero-order valence-electron chi connectivity index (χ0n) is 17.4. The summed E-state index contributed by atoms with van der Waals surface area (Å²) < 4.78 is 10.3. The van der Waals surface area contributed by atoms with Crippen LogP contribution in [0.1, 0.15) is 98.3 Å². The van der Waals surface area contributed by atoms with E-state index in [2.05, 4.69) is 19.1 Å². The molecule has 1 unspecified atom stereocenters. The fourth-order valence-electron chi connectivity index (χ4n) is 2.69. The third-order valence-electron chi connectivity index (χ3n) is 4.28. The highest BCUT2D eigenvalue weighted by Crippen LogP contribution is 2.13. The zero-order chi connectivity index (χ0) is 19.6. The van der Waals surface area contributed by atoms with Crippen LogP contribution in [0, 0.1) is 5.92 Å². The molecule has 1 atom stereocenters. The average Bonchev–Trinajstić information content (AvgIpc) is 2.60. The molecule has 0 saturated carbocycles. The van der Waals surface area contributed by atoms with Gasteiger partial charge in [0.25, 0.3) is 0 Å². The van der Waals surface area contributed by atoms with Crippen LogP contribution in [-0.2, 0) is 19.1 Å². The lowest BCUT2D eigenvalue weighted by Gasteiger charge is -2.19. The number of carbonyl (C=O) groups excluding carboxylic acids is 2. The Labute approximate surface area is 160 Å². The maximum Gasteiger partial charge on any atom is 0.347 e. The SMILES string of the molecule is CCCCC/C=C\CCCCCCCC(=O)OC(C(=O)OCC)C(C)C. The Morgan fingerprint density at radius 3 is 2.00 bits per heavy atom. The summed E-state index contributed by atoms with van der Waals surface area (Å²) in [5.74, 6) is -0.821. The number of esters is 2. The Morgan fingerprint density at radius 2 is 1.42 bits per heavy atom. The number of rotatable bonds is 16. The third kappa shape index (κ3) is 13.9. The lowest BCUT2D eigenvalue weighted by atomic mass is 10.1. The highest BCUT2D eigenvalue weighted by Gasteiger charge is 2.27. The second-order valence-electron chi connectivity index (χ2n) is 7.18. The van der Waals surface area contributed by atoms with Gasteiger partial charge in [0.15, 0.2) is 0 Å². The standard InChI is InChI=1S/C22H40O4/c1-5-7-8-9-10-11-12-13-14-15-16-17-18-20(23)26-21(19(3)4)22(24)25-6-2/h10-11,19,21H,5-9,12-18H2,1-4H3/b11-10-. The molecule has 0 aliphatic rings. The molecule has 0 bridgehead atoms. The number of carbonyl (C=O) groups is 2. The molecule has 26 heavy (non-hydrogen) atoms. The number of unbranched alkanes of at least 4 members (excludes halogenated alkanes) is 8. The minimum absolute atomic E-state index is 0.0759. The topological polar surface area (TPSA) is 52.6 Å². The molecule has 0 rings (SSSR count). The zero-order valence-corrected chi connectivity index (χ0v) is 17.4. The molecule has 0 spiro atoms. The second kappa shape index (κ2) is 17.1. The van der Waals surface area contributed by atoms with Gasteiger partial charge in [-0.2, -0.15) is 0 Å². The summed E-state index contributed by atoms with van der Waals surface area (Å²) in [6.45, 7) is 7.99. The number of hydrogen-bond acceptors (Lipinski definition) is 4. The molecular weight excluding hydrogens is 328 g/mol. The van der Waals surface area contributed by atoms with E-state index in [0.717, 1.165) is 25.7 Å². The van der Waals surface area contributed by atoms with E-state index in [4.69, 9.17) is 9.47 Å². The van der Waals surface area contributed by atoms with E-state index in [1.54, 1.807) is 6.92 Å². The van der Waals surface area contributed by atoms with E-state index in [1.807, 2.05) is 13.8 Å². The molecule has 0 fully saturated rings. The maximum atomic E-state index is 11.9. The van der Waals surface area contributed by atoms with Crippen LogP contribution in [-0.4, -0.2) is 24.6 Å². The van der Waals surface area contributed by atoms with E-state index in [0.29, 0.717) is 13.0 Å². The second-order valence-corrected chi connectivity index (χ2v) is 7.18. The van der Waals surface area contributed by atoms with Crippen LogP contribution in [0.3, 0.4) is 0 Å². The van der Waals surface area contributed by atoms with Crippen LogP contribution in [0.25, 0.3) is 0 Å². The molecule has 0 radical (unpaired) electrons. The monoisotopic (exact) mass is 368 g/mol. The van der Waals surface area contributed by atoms with Gasteiger partial charge in [-0.15, -0.1) is 0 Å². The van der Waals surface area contributed by atoms with E-state index >= 15 is 0 Å². The van der Waals surface area contributed by atoms with Gasteiger partial charge in [-0.05, 0) is 39.0 Å². The molecule has 0 heterocycles. The third-order valence-corrected chi connectivity index (χ3v) is 4.28. The number of ether oxygens (including phenoxy) is 2. The van der Waals surface area contributed by atoms with Crippen molar-refractivity contribution in [3.63, 3.8) is 0 Å². The largest absolute Gasteiger partial charge is 0.463 e. The van der Waals surface area contributed by atoms with Crippen LogP contribution < -0.4 is 0 Å². The molecule has 0 aromatic rings. The minimum atomic E-state index is -0.786. The normalized spacial score (nSPS) is 12.5. The molecule has 0 aromatic heterocycles. The van der Waals surface area contributed by atoms with Gasteiger partial charge in [0, 0.05) is 12.3 Å². The van der Waals surface area contributed by atoms with Crippen molar-refractivity contribution in [1.29, 1.82) is 0 Å². The molecule has 4 nitrogen and oxygen atoms in total. The summed E-state index contributed by atoms with van der Waals surface area (Å²) in [5, 5.41) is 0. The van der Waals surface area contributed by atoms with Gasteiger partial charge in [0.1, 0.15) is 0 Å². The summed E-state index contributed by atoms with van der Waals surface area (Å²) in [6, 6.07) is 0. The van der Waals surface area contributed by atoms with Crippen LogP contribution in [0.4, 0.5) is 0 Å². The van der Waals surface area contributed by atoms with Crippen molar-refractivity contribution < 1.29 is 19.1 Å². The summed E-state index contributed by atoms with van der Waals surface area (Å²) in [6.07, 6.45) is 15.9. The number of hydrogen-bond donors (Lipinski definition) is 0. The van der Waals surface area contributed by atoms with Crippen LogP contribution in [0.5, 0.6) is 0 Å². The minimum Gasteiger partial charge on any atom is -0.463 e. The summed E-state index contributed by atoms with van der Waals surface area (Å²) in [7, 11) is 0. The molecule has 0 amide bonds. The first-order valence-electron chi connectivity index (χ1n) is 10.5. The van der Waals surface area contributed by atoms with Crippen molar-refractivity contribution in [3.05, 3.63) is 12.2 Å². The predicted octanol–water partition coefficient (Wildman–Crippen LogP) is 5.98. The highest BCUT2D eigenvalue weighted by molar-refractivity contribution is 5.79. The fourth-order valence-corrected chi connectivity index (χ4v) is 2.69. The molecule has 0 aromatic carbocycles. The number of allylic oxidation sites excluding steroid dienone is 2. The van der Waals surface area contributed by atoms with Gasteiger partial charge in [-0.25, -0.2) is 4.79 Å². The van der Waals surface area contributed by atoms with Crippen LogP contribution in [0.15, 0.2) is 12.2 Å².